The maximum absolute atomic E-state index is 11.9. The maximum atomic E-state index is 11.9. The molecule has 2 unspecified atom stereocenters. The summed E-state index contributed by atoms with van der Waals surface area (Å²) in [4.78, 5) is 23.8. The van der Waals surface area contributed by atoms with Gasteiger partial charge >= 0.3 is 11.9 Å². The van der Waals surface area contributed by atoms with Gasteiger partial charge in [-0.3, -0.25) is 9.59 Å². The zero-order valence-electron chi connectivity index (χ0n) is 14.9. The average molecular weight is 314 g/mol. The van der Waals surface area contributed by atoms with Crippen molar-refractivity contribution < 1.29 is 19.1 Å². The van der Waals surface area contributed by atoms with Crippen LogP contribution in [0.5, 0.6) is 0 Å². The van der Waals surface area contributed by atoms with Crippen molar-refractivity contribution in [3.63, 3.8) is 0 Å². The number of unbranched alkanes of at least 4 members (excludes halogenated alkanes) is 2. The Labute approximate surface area is 135 Å². The van der Waals surface area contributed by atoms with Crippen LogP contribution < -0.4 is 0 Å². The molecule has 0 amide bonds. The van der Waals surface area contributed by atoms with Crippen LogP contribution in [0.15, 0.2) is 0 Å². The SMILES string of the molecule is CCCCC(CC)C(=O)OCCOC(=O)C(CC)CCCC. The summed E-state index contributed by atoms with van der Waals surface area (Å²) in [6, 6.07) is 0. The fourth-order valence-corrected chi connectivity index (χ4v) is 2.40. The van der Waals surface area contributed by atoms with Crippen LogP contribution >= 0.6 is 0 Å². The summed E-state index contributed by atoms with van der Waals surface area (Å²) in [6.45, 7) is 8.55. The van der Waals surface area contributed by atoms with Crippen molar-refractivity contribution in [2.75, 3.05) is 13.2 Å². The fourth-order valence-electron chi connectivity index (χ4n) is 2.40. The predicted molar refractivity (Wildman–Crippen MR) is 88.5 cm³/mol. The van der Waals surface area contributed by atoms with Crippen LogP contribution in [0.3, 0.4) is 0 Å². The van der Waals surface area contributed by atoms with E-state index in [1.807, 2.05) is 13.8 Å². The normalized spacial score (nSPS) is 13.5. The van der Waals surface area contributed by atoms with Gasteiger partial charge in [0, 0.05) is 0 Å². The van der Waals surface area contributed by atoms with Gasteiger partial charge in [0.15, 0.2) is 0 Å². The Bertz CT molecular complexity index is 271. The van der Waals surface area contributed by atoms with E-state index in [9.17, 15) is 9.59 Å². The van der Waals surface area contributed by atoms with Gasteiger partial charge in [-0.15, -0.1) is 0 Å². The number of carbonyl (C=O) groups excluding carboxylic acids is 2. The van der Waals surface area contributed by atoms with Crippen molar-refractivity contribution >= 4 is 11.9 Å². The lowest BCUT2D eigenvalue weighted by Gasteiger charge is -2.15. The molecule has 0 saturated heterocycles. The molecule has 0 fully saturated rings. The molecule has 0 aromatic heterocycles. The summed E-state index contributed by atoms with van der Waals surface area (Å²) in [5.74, 6) is -0.373. The molecule has 0 saturated carbocycles. The first-order valence-electron chi connectivity index (χ1n) is 8.93. The van der Waals surface area contributed by atoms with Crippen LogP contribution in [0.4, 0.5) is 0 Å². The van der Waals surface area contributed by atoms with E-state index < -0.39 is 0 Å². The maximum Gasteiger partial charge on any atom is 0.309 e. The van der Waals surface area contributed by atoms with E-state index in [4.69, 9.17) is 9.47 Å². The molecule has 0 aliphatic carbocycles. The van der Waals surface area contributed by atoms with Gasteiger partial charge in [-0.25, -0.2) is 0 Å². The first-order chi connectivity index (χ1) is 10.6. The second-order valence-electron chi connectivity index (χ2n) is 5.83. The molecule has 0 rings (SSSR count). The lowest BCUT2D eigenvalue weighted by Crippen LogP contribution is -2.22. The Kier molecular flexibility index (Phi) is 12.9. The largest absolute Gasteiger partial charge is 0.462 e. The molecular formula is C18H34O4. The molecular weight excluding hydrogens is 280 g/mol. The Morgan fingerprint density at radius 1 is 0.727 bits per heavy atom. The van der Waals surface area contributed by atoms with Crippen LogP contribution in [-0.4, -0.2) is 25.2 Å². The summed E-state index contributed by atoms with van der Waals surface area (Å²) in [7, 11) is 0. The van der Waals surface area contributed by atoms with Crippen LogP contribution in [0, 0.1) is 11.8 Å². The highest BCUT2D eigenvalue weighted by Crippen LogP contribution is 2.15. The van der Waals surface area contributed by atoms with Gasteiger partial charge in [0.1, 0.15) is 13.2 Å². The second-order valence-corrected chi connectivity index (χ2v) is 5.83. The third-order valence-corrected chi connectivity index (χ3v) is 4.04. The molecule has 4 nitrogen and oxygen atoms in total. The molecule has 4 heteroatoms. The van der Waals surface area contributed by atoms with Crippen molar-refractivity contribution in [2.24, 2.45) is 11.8 Å². The van der Waals surface area contributed by atoms with Crippen molar-refractivity contribution in [1.29, 1.82) is 0 Å². The quantitative estimate of drug-likeness (QED) is 0.371. The van der Waals surface area contributed by atoms with E-state index in [1.165, 1.54) is 0 Å². The Balaban J connectivity index is 3.94. The van der Waals surface area contributed by atoms with Crippen molar-refractivity contribution in [3.8, 4) is 0 Å². The fraction of sp³-hybridized carbons (Fsp3) is 0.889. The third-order valence-electron chi connectivity index (χ3n) is 4.04. The van der Waals surface area contributed by atoms with Crippen molar-refractivity contribution in [3.05, 3.63) is 0 Å². The minimum atomic E-state index is -0.162. The van der Waals surface area contributed by atoms with E-state index in [0.717, 1.165) is 51.4 Å². The van der Waals surface area contributed by atoms with E-state index in [2.05, 4.69) is 13.8 Å². The summed E-state index contributed by atoms with van der Waals surface area (Å²) < 4.78 is 10.4. The summed E-state index contributed by atoms with van der Waals surface area (Å²) >= 11 is 0. The van der Waals surface area contributed by atoms with Crippen LogP contribution in [0.2, 0.25) is 0 Å². The minimum Gasteiger partial charge on any atom is -0.462 e. The van der Waals surface area contributed by atoms with E-state index in [1.54, 1.807) is 0 Å². The van der Waals surface area contributed by atoms with Gasteiger partial charge in [-0.05, 0) is 25.7 Å². The Morgan fingerprint density at radius 2 is 1.09 bits per heavy atom. The number of carbonyl (C=O) groups is 2. The lowest BCUT2D eigenvalue weighted by molar-refractivity contribution is -0.157. The van der Waals surface area contributed by atoms with Gasteiger partial charge in [0.25, 0.3) is 0 Å². The van der Waals surface area contributed by atoms with Gasteiger partial charge < -0.3 is 9.47 Å². The number of hydrogen-bond donors (Lipinski definition) is 0. The molecule has 22 heavy (non-hydrogen) atoms. The molecule has 0 spiro atoms. The summed E-state index contributed by atoms with van der Waals surface area (Å²) in [6.07, 6.45) is 7.59. The Hall–Kier alpha value is -1.06. The highest BCUT2D eigenvalue weighted by molar-refractivity contribution is 5.73. The summed E-state index contributed by atoms with van der Waals surface area (Å²) in [5.41, 5.74) is 0. The first-order valence-corrected chi connectivity index (χ1v) is 8.93. The van der Waals surface area contributed by atoms with Gasteiger partial charge in [0.2, 0.25) is 0 Å². The zero-order chi connectivity index (χ0) is 16.8. The molecule has 0 aromatic carbocycles. The lowest BCUT2D eigenvalue weighted by atomic mass is 10.00. The molecule has 2 atom stereocenters. The number of rotatable bonds is 13. The molecule has 0 aromatic rings. The molecule has 0 bridgehead atoms. The molecule has 0 heterocycles. The monoisotopic (exact) mass is 314 g/mol. The molecule has 130 valence electrons. The highest BCUT2D eigenvalue weighted by Gasteiger charge is 2.19. The number of hydrogen-bond acceptors (Lipinski definition) is 4. The van der Waals surface area contributed by atoms with E-state index in [0.29, 0.717) is 0 Å². The van der Waals surface area contributed by atoms with Gasteiger partial charge in [-0.1, -0.05) is 53.4 Å². The van der Waals surface area contributed by atoms with Crippen molar-refractivity contribution in [1.82, 2.24) is 0 Å². The van der Waals surface area contributed by atoms with Gasteiger partial charge in [-0.2, -0.15) is 0 Å². The zero-order valence-corrected chi connectivity index (χ0v) is 14.9. The highest BCUT2D eigenvalue weighted by atomic mass is 16.6. The second kappa shape index (κ2) is 13.6. The van der Waals surface area contributed by atoms with Gasteiger partial charge in [0.05, 0.1) is 11.8 Å². The molecule has 0 N–H and O–H groups in total. The minimum absolute atomic E-state index is 0.0244. The number of ether oxygens (including phenoxy) is 2. The number of esters is 2. The summed E-state index contributed by atoms with van der Waals surface area (Å²) in [5, 5.41) is 0. The Morgan fingerprint density at radius 3 is 1.36 bits per heavy atom. The first kappa shape index (κ1) is 20.9. The average Bonchev–Trinajstić information content (AvgIpc) is 2.53. The van der Waals surface area contributed by atoms with Crippen molar-refractivity contribution in [2.45, 2.75) is 79.1 Å². The topological polar surface area (TPSA) is 52.6 Å². The smallest absolute Gasteiger partial charge is 0.309 e. The predicted octanol–water partition coefficient (Wildman–Crippen LogP) is 4.51. The molecule has 0 aliphatic heterocycles. The van der Waals surface area contributed by atoms with E-state index in [-0.39, 0.29) is 37.0 Å². The third kappa shape index (κ3) is 9.06. The standard InChI is InChI=1S/C18H34O4/c1-5-9-11-15(7-3)17(19)21-13-14-22-18(20)16(8-4)12-10-6-2/h15-16H,5-14H2,1-4H3. The molecule has 0 radical (unpaired) electrons. The molecule has 0 aliphatic rings. The van der Waals surface area contributed by atoms with E-state index >= 15 is 0 Å². The van der Waals surface area contributed by atoms with Crippen LogP contribution in [-0.2, 0) is 19.1 Å². The van der Waals surface area contributed by atoms with Crippen LogP contribution in [0.25, 0.3) is 0 Å². The van der Waals surface area contributed by atoms with Crippen LogP contribution in [0.1, 0.15) is 79.1 Å².